The van der Waals surface area contributed by atoms with E-state index in [1.807, 2.05) is 19.1 Å². The summed E-state index contributed by atoms with van der Waals surface area (Å²) in [5.41, 5.74) is 7.94. The van der Waals surface area contributed by atoms with E-state index in [-0.39, 0.29) is 10.9 Å². The summed E-state index contributed by atoms with van der Waals surface area (Å²) in [7, 11) is -3.53. The van der Waals surface area contributed by atoms with Crippen LogP contribution in [0.15, 0.2) is 17.0 Å². The number of aryl methyl sites for hydroxylation is 2. The van der Waals surface area contributed by atoms with E-state index in [0.29, 0.717) is 24.3 Å². The fourth-order valence-corrected chi connectivity index (χ4v) is 4.83. The molecule has 2 rings (SSSR count). The minimum absolute atomic E-state index is 0.227. The number of nitrogens with zero attached hydrogens (tertiary/aromatic N) is 2. The fraction of sp³-hybridized carbons (Fsp3) is 0.600. The van der Waals surface area contributed by atoms with Crippen molar-refractivity contribution in [2.24, 2.45) is 0 Å². The third-order valence-electron chi connectivity index (χ3n) is 4.34. The van der Waals surface area contributed by atoms with Gasteiger partial charge in [0, 0.05) is 25.7 Å². The fourth-order valence-electron chi connectivity index (χ4n) is 2.93. The standard InChI is InChI=1S/C15H25N3O2S/c1-5-17-8-9-18(10-13(17)4)21(19,20)15-12(3)7-6-11(2)14(15)16/h6-7,13H,5,8-10,16H2,1-4H3. The average Bonchev–Trinajstić information content (AvgIpc) is 2.43. The van der Waals surface area contributed by atoms with Gasteiger partial charge in [0.05, 0.1) is 5.69 Å². The molecule has 1 aromatic rings. The summed E-state index contributed by atoms with van der Waals surface area (Å²) < 4.78 is 27.5. The Morgan fingerprint density at radius 2 is 1.86 bits per heavy atom. The molecule has 0 aromatic heterocycles. The highest BCUT2D eigenvalue weighted by Gasteiger charge is 2.33. The molecule has 1 aliphatic rings. The van der Waals surface area contributed by atoms with Gasteiger partial charge >= 0.3 is 0 Å². The Labute approximate surface area is 127 Å². The third-order valence-corrected chi connectivity index (χ3v) is 6.41. The van der Waals surface area contributed by atoms with Crippen molar-refractivity contribution in [3.63, 3.8) is 0 Å². The summed E-state index contributed by atoms with van der Waals surface area (Å²) >= 11 is 0. The monoisotopic (exact) mass is 311 g/mol. The van der Waals surface area contributed by atoms with E-state index in [2.05, 4.69) is 18.7 Å². The van der Waals surface area contributed by atoms with Crippen LogP contribution in [0.4, 0.5) is 5.69 Å². The summed E-state index contributed by atoms with van der Waals surface area (Å²) in [6.07, 6.45) is 0. The summed E-state index contributed by atoms with van der Waals surface area (Å²) in [5.74, 6) is 0. The molecular formula is C15H25N3O2S. The SMILES string of the molecule is CCN1CCN(S(=O)(=O)c2c(C)ccc(C)c2N)CC1C. The van der Waals surface area contributed by atoms with E-state index >= 15 is 0 Å². The average molecular weight is 311 g/mol. The molecule has 0 radical (unpaired) electrons. The van der Waals surface area contributed by atoms with Crippen molar-refractivity contribution in [3.05, 3.63) is 23.3 Å². The number of nitrogens with two attached hydrogens (primary N) is 1. The number of benzene rings is 1. The van der Waals surface area contributed by atoms with Gasteiger partial charge in [-0.25, -0.2) is 8.42 Å². The number of hydrogen-bond acceptors (Lipinski definition) is 4. The smallest absolute Gasteiger partial charge is 0.245 e. The third kappa shape index (κ3) is 2.93. The minimum Gasteiger partial charge on any atom is -0.397 e. The van der Waals surface area contributed by atoms with Crippen LogP contribution < -0.4 is 5.73 Å². The Hall–Kier alpha value is -1.11. The zero-order chi connectivity index (χ0) is 15.8. The van der Waals surface area contributed by atoms with Gasteiger partial charge in [-0.15, -0.1) is 0 Å². The number of sulfonamides is 1. The number of anilines is 1. The maximum Gasteiger partial charge on any atom is 0.245 e. The van der Waals surface area contributed by atoms with Gasteiger partial charge in [0.15, 0.2) is 0 Å². The maximum absolute atomic E-state index is 12.9. The van der Waals surface area contributed by atoms with Gasteiger partial charge < -0.3 is 5.73 Å². The Morgan fingerprint density at radius 1 is 1.24 bits per heavy atom. The first kappa shape index (κ1) is 16.3. The molecule has 0 spiro atoms. The molecule has 0 amide bonds. The quantitative estimate of drug-likeness (QED) is 0.861. The van der Waals surface area contributed by atoms with Crippen molar-refractivity contribution in [2.75, 3.05) is 31.9 Å². The first-order chi connectivity index (χ1) is 9.78. The Bertz CT molecular complexity index is 628. The lowest BCUT2D eigenvalue weighted by molar-refractivity contribution is 0.135. The highest BCUT2D eigenvalue weighted by atomic mass is 32.2. The largest absolute Gasteiger partial charge is 0.397 e. The highest BCUT2D eigenvalue weighted by Crippen LogP contribution is 2.29. The van der Waals surface area contributed by atoms with Crippen LogP contribution in [0.3, 0.4) is 0 Å². The van der Waals surface area contributed by atoms with Crippen molar-refractivity contribution in [1.82, 2.24) is 9.21 Å². The van der Waals surface area contributed by atoms with Gasteiger partial charge in [0.2, 0.25) is 10.0 Å². The maximum atomic E-state index is 12.9. The Balaban J connectivity index is 2.38. The van der Waals surface area contributed by atoms with Crippen LogP contribution >= 0.6 is 0 Å². The zero-order valence-corrected chi connectivity index (χ0v) is 14.1. The molecule has 118 valence electrons. The van der Waals surface area contributed by atoms with Crippen molar-refractivity contribution < 1.29 is 8.42 Å². The van der Waals surface area contributed by atoms with Crippen LogP contribution in [0.2, 0.25) is 0 Å². The number of hydrogen-bond donors (Lipinski definition) is 1. The van der Waals surface area contributed by atoms with Crippen LogP contribution in [0, 0.1) is 13.8 Å². The minimum atomic E-state index is -3.53. The Morgan fingerprint density at radius 3 is 2.43 bits per heavy atom. The van der Waals surface area contributed by atoms with Crippen LogP contribution in [0.5, 0.6) is 0 Å². The van der Waals surface area contributed by atoms with Gasteiger partial charge in [0.25, 0.3) is 0 Å². The van der Waals surface area contributed by atoms with Crippen molar-refractivity contribution in [3.8, 4) is 0 Å². The number of likely N-dealkylation sites (N-methyl/N-ethyl adjacent to an activating group) is 1. The first-order valence-electron chi connectivity index (χ1n) is 7.39. The summed E-state index contributed by atoms with van der Waals surface area (Å²) in [6.45, 7) is 10.6. The zero-order valence-electron chi connectivity index (χ0n) is 13.3. The molecule has 1 saturated heterocycles. The van der Waals surface area contributed by atoms with E-state index in [4.69, 9.17) is 5.73 Å². The summed E-state index contributed by atoms with van der Waals surface area (Å²) in [4.78, 5) is 2.57. The number of rotatable bonds is 3. The lowest BCUT2D eigenvalue weighted by Gasteiger charge is -2.38. The molecule has 1 aliphatic heterocycles. The van der Waals surface area contributed by atoms with Crippen molar-refractivity contribution in [2.45, 2.75) is 38.6 Å². The highest BCUT2D eigenvalue weighted by molar-refractivity contribution is 7.89. The van der Waals surface area contributed by atoms with Crippen LogP contribution in [-0.4, -0.2) is 49.8 Å². The second-order valence-corrected chi connectivity index (χ2v) is 7.66. The number of piperazine rings is 1. The van der Waals surface area contributed by atoms with Gasteiger partial charge in [-0.1, -0.05) is 19.1 Å². The molecule has 1 heterocycles. The van der Waals surface area contributed by atoms with E-state index in [0.717, 1.165) is 18.7 Å². The molecular weight excluding hydrogens is 286 g/mol. The normalized spacial score (nSPS) is 21.6. The van der Waals surface area contributed by atoms with Crippen molar-refractivity contribution in [1.29, 1.82) is 0 Å². The molecule has 0 bridgehead atoms. The Kier molecular flexibility index (Phi) is 4.60. The van der Waals surface area contributed by atoms with E-state index in [1.54, 1.807) is 11.2 Å². The van der Waals surface area contributed by atoms with Gasteiger partial charge in [0.1, 0.15) is 4.90 Å². The first-order valence-corrected chi connectivity index (χ1v) is 8.83. The summed E-state index contributed by atoms with van der Waals surface area (Å²) in [5, 5.41) is 0. The van der Waals surface area contributed by atoms with E-state index < -0.39 is 10.0 Å². The molecule has 0 saturated carbocycles. The second-order valence-electron chi connectivity index (χ2n) is 5.78. The van der Waals surface area contributed by atoms with E-state index in [9.17, 15) is 8.42 Å². The number of nitrogen functional groups attached to an aromatic ring is 1. The van der Waals surface area contributed by atoms with Gasteiger partial charge in [-0.05, 0) is 38.4 Å². The molecule has 1 aromatic carbocycles. The second kappa shape index (κ2) is 5.94. The van der Waals surface area contributed by atoms with Crippen LogP contribution in [0.25, 0.3) is 0 Å². The molecule has 2 N–H and O–H groups in total. The molecule has 0 aliphatic carbocycles. The molecule has 1 fully saturated rings. The van der Waals surface area contributed by atoms with Crippen LogP contribution in [-0.2, 0) is 10.0 Å². The molecule has 6 heteroatoms. The van der Waals surface area contributed by atoms with Gasteiger partial charge in [-0.2, -0.15) is 4.31 Å². The predicted octanol–water partition coefficient (Wildman–Crippen LogP) is 1.60. The lowest BCUT2D eigenvalue weighted by Crippen LogP contribution is -2.53. The molecule has 5 nitrogen and oxygen atoms in total. The van der Waals surface area contributed by atoms with E-state index in [1.165, 1.54) is 0 Å². The van der Waals surface area contributed by atoms with Crippen LogP contribution in [0.1, 0.15) is 25.0 Å². The van der Waals surface area contributed by atoms with Gasteiger partial charge in [-0.3, -0.25) is 4.90 Å². The molecule has 1 unspecified atom stereocenters. The summed E-state index contributed by atoms with van der Waals surface area (Å²) in [6, 6.07) is 3.91. The molecule has 1 atom stereocenters. The topological polar surface area (TPSA) is 66.6 Å². The molecule has 21 heavy (non-hydrogen) atoms. The lowest BCUT2D eigenvalue weighted by atomic mass is 10.1. The van der Waals surface area contributed by atoms with Crippen molar-refractivity contribution >= 4 is 15.7 Å². The predicted molar refractivity (Wildman–Crippen MR) is 85.8 cm³/mol.